The monoisotopic (exact) mass is 292 g/mol. The van der Waals surface area contributed by atoms with Gasteiger partial charge in [-0.2, -0.15) is 0 Å². The van der Waals surface area contributed by atoms with Crippen LogP contribution in [-0.4, -0.2) is 24.0 Å². The van der Waals surface area contributed by atoms with Crippen molar-refractivity contribution in [1.29, 1.82) is 0 Å². The molecule has 0 aromatic carbocycles. The van der Waals surface area contributed by atoms with Gasteiger partial charge >= 0.3 is 0 Å². The maximum atomic E-state index is 12.1. The molecular formula is C13H16N4O2S. The third-order valence-electron chi connectivity index (χ3n) is 3.23. The number of hydrogen-bond acceptors (Lipinski definition) is 6. The van der Waals surface area contributed by atoms with Gasteiger partial charge in [0.1, 0.15) is 16.5 Å². The van der Waals surface area contributed by atoms with Crippen molar-refractivity contribution < 1.29 is 9.21 Å². The highest BCUT2D eigenvalue weighted by Gasteiger charge is 2.21. The first kappa shape index (κ1) is 13.0. The minimum absolute atomic E-state index is 0.207. The topological polar surface area (TPSA) is 84.4 Å². The van der Waals surface area contributed by atoms with Gasteiger partial charge in [-0.3, -0.25) is 4.79 Å². The van der Waals surface area contributed by atoms with E-state index in [1.54, 1.807) is 12.3 Å². The smallest absolute Gasteiger partial charge is 0.265 e. The van der Waals surface area contributed by atoms with Crippen LogP contribution in [0, 0.1) is 0 Å². The molecule has 3 heterocycles. The molecule has 1 aliphatic rings. The van der Waals surface area contributed by atoms with E-state index in [-0.39, 0.29) is 5.91 Å². The van der Waals surface area contributed by atoms with Crippen LogP contribution in [-0.2, 0) is 6.54 Å². The van der Waals surface area contributed by atoms with Gasteiger partial charge in [0.2, 0.25) is 0 Å². The van der Waals surface area contributed by atoms with Crippen LogP contribution in [0.3, 0.4) is 0 Å². The fourth-order valence-corrected chi connectivity index (χ4v) is 3.14. The molecule has 0 radical (unpaired) electrons. The molecule has 1 saturated heterocycles. The first-order valence-corrected chi connectivity index (χ1v) is 7.37. The Hall–Kier alpha value is -2.02. The number of carbonyl (C=O) groups is 1. The van der Waals surface area contributed by atoms with Crippen molar-refractivity contribution in [3.05, 3.63) is 29.0 Å². The first-order chi connectivity index (χ1) is 9.74. The van der Waals surface area contributed by atoms with Crippen LogP contribution < -0.4 is 16.0 Å². The average Bonchev–Trinajstić information content (AvgIpc) is 3.17. The number of nitrogen functional groups attached to an aromatic ring is 1. The Bertz CT molecular complexity index is 588. The van der Waals surface area contributed by atoms with E-state index in [2.05, 4.69) is 15.2 Å². The summed E-state index contributed by atoms with van der Waals surface area (Å²) in [6.07, 6.45) is 3.91. The van der Waals surface area contributed by atoms with Crippen LogP contribution in [0.5, 0.6) is 0 Å². The Kier molecular flexibility index (Phi) is 3.60. The van der Waals surface area contributed by atoms with E-state index in [1.807, 2.05) is 6.07 Å². The molecule has 3 N–H and O–H groups in total. The summed E-state index contributed by atoms with van der Waals surface area (Å²) in [6, 6.07) is 3.60. The molecule has 20 heavy (non-hydrogen) atoms. The maximum absolute atomic E-state index is 12.1. The molecule has 2 aromatic rings. The zero-order chi connectivity index (χ0) is 13.9. The molecule has 1 amide bonds. The Balaban J connectivity index is 1.67. The number of furan rings is 1. The van der Waals surface area contributed by atoms with E-state index in [4.69, 9.17) is 10.2 Å². The molecular weight excluding hydrogens is 276 g/mol. The summed E-state index contributed by atoms with van der Waals surface area (Å²) in [5, 5.41) is 3.62. The largest absolute Gasteiger partial charge is 0.467 e. The third-order valence-corrected chi connectivity index (χ3v) is 4.36. The second kappa shape index (κ2) is 5.54. The molecule has 0 saturated carbocycles. The van der Waals surface area contributed by atoms with E-state index in [9.17, 15) is 4.79 Å². The van der Waals surface area contributed by atoms with E-state index in [0.29, 0.717) is 23.0 Å². The van der Waals surface area contributed by atoms with Crippen LogP contribution in [0.25, 0.3) is 0 Å². The summed E-state index contributed by atoms with van der Waals surface area (Å²) in [7, 11) is 0. The third kappa shape index (κ3) is 2.62. The highest BCUT2D eigenvalue weighted by Crippen LogP contribution is 2.30. The predicted molar refractivity (Wildman–Crippen MR) is 77.9 cm³/mol. The fraction of sp³-hybridized carbons (Fsp3) is 0.385. The number of nitrogens with zero attached hydrogens (tertiary/aromatic N) is 2. The van der Waals surface area contributed by atoms with Crippen molar-refractivity contribution in [2.45, 2.75) is 19.4 Å². The molecule has 0 atom stereocenters. The lowest BCUT2D eigenvalue weighted by Gasteiger charge is -2.11. The average molecular weight is 292 g/mol. The summed E-state index contributed by atoms with van der Waals surface area (Å²) in [5.74, 6) is 0.803. The van der Waals surface area contributed by atoms with Crippen molar-refractivity contribution in [3.8, 4) is 0 Å². The van der Waals surface area contributed by atoms with E-state index >= 15 is 0 Å². The van der Waals surface area contributed by atoms with Gasteiger partial charge in [-0.05, 0) is 25.0 Å². The number of carbonyl (C=O) groups excluding carboxylic acids is 1. The molecule has 3 rings (SSSR count). The number of anilines is 2. The van der Waals surface area contributed by atoms with Crippen LogP contribution in [0.15, 0.2) is 22.8 Å². The Morgan fingerprint density at radius 2 is 2.30 bits per heavy atom. The van der Waals surface area contributed by atoms with Crippen LogP contribution in [0.4, 0.5) is 10.9 Å². The van der Waals surface area contributed by atoms with Gasteiger partial charge in [-0.15, -0.1) is 0 Å². The Labute approximate surface area is 120 Å². The number of thiazole rings is 1. The number of amides is 1. The van der Waals surface area contributed by atoms with Gasteiger partial charge in [-0.25, -0.2) is 4.98 Å². The van der Waals surface area contributed by atoms with Crippen molar-refractivity contribution >= 4 is 28.2 Å². The number of rotatable bonds is 4. The molecule has 0 spiro atoms. The number of nitrogens with two attached hydrogens (primary N) is 1. The highest BCUT2D eigenvalue weighted by atomic mass is 32.1. The van der Waals surface area contributed by atoms with E-state index < -0.39 is 0 Å². The Morgan fingerprint density at radius 3 is 3.00 bits per heavy atom. The van der Waals surface area contributed by atoms with E-state index in [0.717, 1.165) is 18.2 Å². The van der Waals surface area contributed by atoms with Gasteiger partial charge < -0.3 is 20.4 Å². The lowest BCUT2D eigenvalue weighted by atomic mass is 10.4. The van der Waals surface area contributed by atoms with Crippen LogP contribution in [0.1, 0.15) is 28.3 Å². The molecule has 7 heteroatoms. The molecule has 1 aliphatic heterocycles. The first-order valence-electron chi connectivity index (χ1n) is 6.56. The molecule has 0 bridgehead atoms. The second-order valence-electron chi connectivity index (χ2n) is 4.67. The zero-order valence-electron chi connectivity index (χ0n) is 11.0. The summed E-state index contributed by atoms with van der Waals surface area (Å²) in [5.41, 5.74) is 5.85. The zero-order valence-corrected chi connectivity index (χ0v) is 11.8. The number of aromatic nitrogens is 1. The van der Waals surface area contributed by atoms with Crippen LogP contribution >= 0.6 is 11.3 Å². The summed E-state index contributed by atoms with van der Waals surface area (Å²) < 4.78 is 5.17. The van der Waals surface area contributed by atoms with Gasteiger partial charge in [0.15, 0.2) is 5.13 Å². The summed E-state index contributed by atoms with van der Waals surface area (Å²) in [4.78, 5) is 19.0. The summed E-state index contributed by atoms with van der Waals surface area (Å²) >= 11 is 1.35. The highest BCUT2D eigenvalue weighted by molar-refractivity contribution is 7.18. The quantitative estimate of drug-likeness (QED) is 0.898. The van der Waals surface area contributed by atoms with Gasteiger partial charge in [0.05, 0.1) is 12.8 Å². The molecule has 2 aromatic heterocycles. The normalized spacial score (nSPS) is 14.7. The van der Waals surface area contributed by atoms with Crippen molar-refractivity contribution in [1.82, 2.24) is 10.3 Å². The minimum atomic E-state index is -0.207. The fourth-order valence-electron chi connectivity index (χ4n) is 2.19. The molecule has 6 nitrogen and oxygen atoms in total. The molecule has 0 aliphatic carbocycles. The Morgan fingerprint density at radius 1 is 1.50 bits per heavy atom. The van der Waals surface area contributed by atoms with Gasteiger partial charge in [0, 0.05) is 13.1 Å². The standard InChI is InChI=1S/C13H16N4O2S/c14-11-10(12(18)15-8-9-4-3-7-19-9)20-13(16-11)17-5-1-2-6-17/h3-4,7H,1-2,5-6,8,14H2,(H,15,18). The van der Waals surface area contributed by atoms with Crippen LogP contribution in [0.2, 0.25) is 0 Å². The van der Waals surface area contributed by atoms with Gasteiger partial charge in [-0.1, -0.05) is 11.3 Å². The van der Waals surface area contributed by atoms with Gasteiger partial charge in [0.25, 0.3) is 5.91 Å². The predicted octanol–water partition coefficient (Wildman–Crippen LogP) is 1.85. The molecule has 106 valence electrons. The minimum Gasteiger partial charge on any atom is -0.467 e. The number of nitrogens with one attached hydrogen (secondary N) is 1. The molecule has 0 unspecified atom stereocenters. The van der Waals surface area contributed by atoms with E-state index in [1.165, 1.54) is 24.2 Å². The maximum Gasteiger partial charge on any atom is 0.265 e. The molecule has 1 fully saturated rings. The number of hydrogen-bond donors (Lipinski definition) is 2. The van der Waals surface area contributed by atoms with Crippen molar-refractivity contribution in [2.24, 2.45) is 0 Å². The second-order valence-corrected chi connectivity index (χ2v) is 5.64. The van der Waals surface area contributed by atoms with Crippen molar-refractivity contribution in [2.75, 3.05) is 23.7 Å². The van der Waals surface area contributed by atoms with Crippen molar-refractivity contribution in [3.63, 3.8) is 0 Å². The SMILES string of the molecule is Nc1nc(N2CCCC2)sc1C(=O)NCc1ccco1. The lowest BCUT2D eigenvalue weighted by Crippen LogP contribution is -2.22. The lowest BCUT2D eigenvalue weighted by molar-refractivity contribution is 0.0953. The summed E-state index contributed by atoms with van der Waals surface area (Å²) in [6.45, 7) is 2.32.